The van der Waals surface area contributed by atoms with Crippen molar-refractivity contribution in [1.82, 2.24) is 10.3 Å². The fourth-order valence-corrected chi connectivity index (χ4v) is 5.84. The molecule has 1 aliphatic heterocycles. The summed E-state index contributed by atoms with van der Waals surface area (Å²) in [5.74, 6) is -0.775. The molecule has 9 heteroatoms. The van der Waals surface area contributed by atoms with Crippen molar-refractivity contribution in [3.05, 3.63) is 42.5 Å². The highest BCUT2D eigenvalue weighted by molar-refractivity contribution is 8.15. The Hall–Kier alpha value is -2.39. The number of hydrogen-bond donors (Lipinski definition) is 1. The lowest BCUT2D eigenvalue weighted by Crippen LogP contribution is -2.41. The van der Waals surface area contributed by atoms with E-state index < -0.39 is 14.7 Å². The Labute approximate surface area is 168 Å². The minimum Gasteiger partial charge on any atom is -0.304 e. The zero-order valence-corrected chi connectivity index (χ0v) is 17.4. The second-order valence-corrected chi connectivity index (χ2v) is 10.4. The fourth-order valence-electron chi connectivity index (χ4n) is 3.03. The minimum atomic E-state index is -3.56. The number of hydrazone groups is 1. The molecule has 2 aromatic rings. The summed E-state index contributed by atoms with van der Waals surface area (Å²) < 4.78 is 25.8. The summed E-state index contributed by atoms with van der Waals surface area (Å²) in [7, 11) is -3.56. The third kappa shape index (κ3) is 4.20. The maximum Gasteiger partial charge on any atom is 0.240 e. The molecule has 0 fully saturated rings. The van der Waals surface area contributed by atoms with Crippen molar-refractivity contribution in [2.24, 2.45) is 5.10 Å². The Morgan fingerprint density at radius 3 is 2.46 bits per heavy atom. The molecular formula is C19H21N3O4S2. The molecule has 0 saturated heterocycles. The monoisotopic (exact) mass is 419 g/mol. The highest BCUT2D eigenvalue weighted by atomic mass is 32.2. The molecule has 28 heavy (non-hydrogen) atoms. The summed E-state index contributed by atoms with van der Waals surface area (Å²) in [6.07, 6.45) is 0.166. The van der Waals surface area contributed by atoms with E-state index in [0.29, 0.717) is 0 Å². The van der Waals surface area contributed by atoms with Crippen molar-refractivity contribution in [2.75, 3.05) is 5.75 Å². The van der Waals surface area contributed by atoms with Gasteiger partial charge in [0.15, 0.2) is 15.0 Å². The third-order valence-corrected chi connectivity index (χ3v) is 7.36. The second kappa shape index (κ2) is 7.56. The van der Waals surface area contributed by atoms with Crippen molar-refractivity contribution in [1.29, 1.82) is 0 Å². The van der Waals surface area contributed by atoms with E-state index in [9.17, 15) is 18.0 Å². The quantitative estimate of drug-likeness (QED) is 0.822. The summed E-state index contributed by atoms with van der Waals surface area (Å²) in [6.45, 7) is 4.45. The van der Waals surface area contributed by atoms with Gasteiger partial charge < -0.3 is 5.32 Å². The van der Waals surface area contributed by atoms with Crippen molar-refractivity contribution in [3.63, 3.8) is 0 Å². The van der Waals surface area contributed by atoms with Crippen LogP contribution in [0.15, 0.2) is 52.5 Å². The number of thioether (sulfide) groups is 1. The molecule has 2 amide bonds. The Bertz CT molecular complexity index is 1080. The van der Waals surface area contributed by atoms with E-state index in [2.05, 4.69) is 10.4 Å². The molecule has 1 aliphatic rings. The van der Waals surface area contributed by atoms with E-state index in [1.165, 1.54) is 30.6 Å². The lowest BCUT2D eigenvalue weighted by molar-refractivity contribution is -0.131. The van der Waals surface area contributed by atoms with Crippen LogP contribution in [0.3, 0.4) is 0 Å². The second-order valence-electron chi connectivity index (χ2n) is 6.77. The van der Waals surface area contributed by atoms with Gasteiger partial charge in [0.25, 0.3) is 0 Å². The van der Waals surface area contributed by atoms with E-state index in [-0.39, 0.29) is 34.1 Å². The van der Waals surface area contributed by atoms with Gasteiger partial charge >= 0.3 is 0 Å². The third-order valence-electron chi connectivity index (χ3n) is 4.45. The van der Waals surface area contributed by atoms with E-state index >= 15 is 0 Å². The van der Waals surface area contributed by atoms with Crippen LogP contribution in [0.5, 0.6) is 0 Å². The van der Waals surface area contributed by atoms with Crippen molar-refractivity contribution in [2.45, 2.75) is 37.0 Å². The lowest BCUT2D eigenvalue weighted by atomic mass is 10.1. The van der Waals surface area contributed by atoms with Crippen LogP contribution in [0.2, 0.25) is 0 Å². The number of rotatable bonds is 4. The van der Waals surface area contributed by atoms with Gasteiger partial charge in [-0.1, -0.05) is 42.1 Å². The number of amidine groups is 1. The maximum atomic E-state index is 12.9. The zero-order valence-electron chi connectivity index (χ0n) is 15.8. The number of hydrogen-bond acceptors (Lipinski definition) is 6. The van der Waals surface area contributed by atoms with E-state index in [0.717, 1.165) is 10.8 Å². The number of carbonyl (C=O) groups excluding carboxylic acids is 2. The van der Waals surface area contributed by atoms with Crippen LogP contribution >= 0.6 is 11.8 Å². The van der Waals surface area contributed by atoms with Gasteiger partial charge in [-0.3, -0.25) is 9.59 Å². The van der Waals surface area contributed by atoms with Gasteiger partial charge in [-0.15, -0.1) is 5.10 Å². The Morgan fingerprint density at radius 1 is 1.14 bits per heavy atom. The van der Waals surface area contributed by atoms with E-state index in [4.69, 9.17) is 0 Å². The van der Waals surface area contributed by atoms with Crippen LogP contribution in [0.1, 0.15) is 27.2 Å². The van der Waals surface area contributed by atoms with Gasteiger partial charge in [0.2, 0.25) is 11.8 Å². The topological polar surface area (TPSA) is 95.9 Å². The molecule has 0 aromatic heterocycles. The maximum absolute atomic E-state index is 12.9. The first-order valence-corrected chi connectivity index (χ1v) is 11.2. The first-order chi connectivity index (χ1) is 13.1. The Kier molecular flexibility index (Phi) is 5.49. The van der Waals surface area contributed by atoms with Gasteiger partial charge in [0, 0.05) is 13.8 Å². The van der Waals surface area contributed by atoms with Crippen LogP contribution < -0.4 is 5.32 Å². The number of nitrogens with one attached hydrogen (secondary N) is 1. The summed E-state index contributed by atoms with van der Waals surface area (Å²) in [4.78, 5) is 22.6. The molecule has 7 nitrogen and oxygen atoms in total. The molecule has 1 atom stereocenters. The summed E-state index contributed by atoms with van der Waals surface area (Å²) in [5, 5.41) is 10.0. The number of benzene rings is 2. The van der Waals surface area contributed by atoms with Gasteiger partial charge in [-0.05, 0) is 36.2 Å². The predicted molar refractivity (Wildman–Crippen MR) is 110 cm³/mol. The molecule has 0 unspecified atom stereocenters. The number of carbonyl (C=O) groups is 2. The Morgan fingerprint density at radius 2 is 1.82 bits per heavy atom. The van der Waals surface area contributed by atoms with Crippen molar-refractivity contribution >= 4 is 49.4 Å². The molecule has 1 N–H and O–H groups in total. The number of sulfone groups is 1. The van der Waals surface area contributed by atoms with Crippen LogP contribution in [0.25, 0.3) is 10.8 Å². The molecular weight excluding hydrogens is 398 g/mol. The molecule has 0 aliphatic carbocycles. The predicted octanol–water partition coefficient (Wildman–Crippen LogP) is 2.72. The molecule has 2 aromatic carbocycles. The zero-order chi connectivity index (χ0) is 20.5. The standard InChI is InChI=1S/C19H21N3O4S2/c1-13(23)20-18-21-22(14(2)24)19(3,27-18)10-11-28(25,26)17-9-8-15-6-4-5-7-16(15)12-17/h4-9,12H,10-11H2,1-3H3,(H,20,21,23)/t19-/m1/s1. The van der Waals surface area contributed by atoms with Crippen LogP contribution in [-0.2, 0) is 19.4 Å². The van der Waals surface area contributed by atoms with Crippen LogP contribution in [0.4, 0.5) is 0 Å². The molecule has 148 valence electrons. The largest absolute Gasteiger partial charge is 0.304 e. The first kappa shape index (κ1) is 20.3. The summed E-state index contributed by atoms with van der Waals surface area (Å²) >= 11 is 1.17. The van der Waals surface area contributed by atoms with Crippen LogP contribution in [0, 0.1) is 0 Å². The molecule has 1 heterocycles. The average molecular weight is 420 g/mol. The van der Waals surface area contributed by atoms with Crippen molar-refractivity contribution in [3.8, 4) is 0 Å². The number of fused-ring (bicyclic) bond motifs is 1. The normalized spacial score (nSPS) is 19.5. The van der Waals surface area contributed by atoms with Gasteiger partial charge in [0.05, 0.1) is 10.6 Å². The molecule has 0 bridgehead atoms. The van der Waals surface area contributed by atoms with E-state index in [1.54, 1.807) is 25.1 Å². The smallest absolute Gasteiger partial charge is 0.240 e. The molecule has 0 spiro atoms. The fraction of sp³-hybridized carbons (Fsp3) is 0.316. The van der Waals surface area contributed by atoms with E-state index in [1.807, 2.05) is 24.3 Å². The van der Waals surface area contributed by atoms with Crippen LogP contribution in [-0.4, -0.2) is 41.0 Å². The number of nitrogens with zero attached hydrogens (tertiary/aromatic N) is 2. The highest BCUT2D eigenvalue weighted by Gasteiger charge is 2.43. The van der Waals surface area contributed by atoms with Gasteiger partial charge in [0.1, 0.15) is 4.87 Å². The SMILES string of the molecule is CC(=O)NC1=NN(C(C)=O)[C@@](C)(CCS(=O)(=O)c2ccc3ccccc3c2)S1. The molecule has 0 saturated carbocycles. The van der Waals surface area contributed by atoms with Gasteiger partial charge in [-0.25, -0.2) is 13.4 Å². The number of amides is 2. The Balaban J connectivity index is 1.80. The molecule has 0 radical (unpaired) electrons. The van der Waals surface area contributed by atoms with Crippen molar-refractivity contribution < 1.29 is 18.0 Å². The highest BCUT2D eigenvalue weighted by Crippen LogP contribution is 2.39. The van der Waals surface area contributed by atoms with Gasteiger partial charge in [-0.2, -0.15) is 0 Å². The lowest BCUT2D eigenvalue weighted by Gasteiger charge is -2.30. The average Bonchev–Trinajstić information content (AvgIpc) is 2.96. The summed E-state index contributed by atoms with van der Waals surface area (Å²) in [5.41, 5.74) is 0. The first-order valence-electron chi connectivity index (χ1n) is 8.68. The minimum absolute atomic E-state index is 0.151. The molecule has 3 rings (SSSR count). The summed E-state index contributed by atoms with van der Waals surface area (Å²) in [6, 6.07) is 12.6.